The number of fused-ring (bicyclic) bond motifs is 3. The smallest absolute Gasteiger partial charge is 0.407 e. The van der Waals surface area contributed by atoms with Crippen LogP contribution in [0.4, 0.5) is 4.79 Å². The van der Waals surface area contributed by atoms with Crippen LogP contribution in [0.1, 0.15) is 63.0 Å². The van der Waals surface area contributed by atoms with Crippen molar-refractivity contribution in [1.82, 2.24) is 10.6 Å². The number of carboxylic acids is 1. The van der Waals surface area contributed by atoms with Crippen molar-refractivity contribution in [3.63, 3.8) is 0 Å². The highest BCUT2D eigenvalue weighted by Crippen LogP contribution is 2.44. The van der Waals surface area contributed by atoms with Crippen molar-refractivity contribution in [2.24, 2.45) is 5.92 Å². The van der Waals surface area contributed by atoms with Gasteiger partial charge in [-0.05, 0) is 41.0 Å². The Morgan fingerprint density at radius 3 is 2.15 bits per heavy atom. The summed E-state index contributed by atoms with van der Waals surface area (Å²) in [5, 5.41) is 14.6. The Balaban J connectivity index is 1.46. The van der Waals surface area contributed by atoms with E-state index >= 15 is 0 Å². The number of nitrogens with one attached hydrogen (secondary N) is 2. The molecule has 3 N–H and O–H groups in total. The summed E-state index contributed by atoms with van der Waals surface area (Å²) < 4.78 is 5.60. The number of carbonyl (C=O) groups is 3. The molecule has 7 heteroatoms. The maximum atomic E-state index is 12.5. The molecule has 34 heavy (non-hydrogen) atoms. The van der Waals surface area contributed by atoms with Crippen molar-refractivity contribution in [2.45, 2.75) is 57.9 Å². The van der Waals surface area contributed by atoms with Gasteiger partial charge in [0.2, 0.25) is 5.91 Å². The third kappa shape index (κ3) is 6.59. The lowest BCUT2D eigenvalue weighted by atomic mass is 9.98. The minimum absolute atomic E-state index is 0.00122. The van der Waals surface area contributed by atoms with Crippen molar-refractivity contribution in [1.29, 1.82) is 0 Å². The molecule has 0 spiro atoms. The fraction of sp³-hybridized carbons (Fsp3) is 0.444. The first-order valence-electron chi connectivity index (χ1n) is 12.0. The number of benzene rings is 2. The minimum atomic E-state index is -0.862. The normalized spacial score (nSPS) is 13.9. The van der Waals surface area contributed by atoms with Crippen molar-refractivity contribution < 1.29 is 24.2 Å². The largest absolute Gasteiger partial charge is 0.481 e. The Kier molecular flexibility index (Phi) is 9.08. The van der Waals surface area contributed by atoms with E-state index in [-0.39, 0.29) is 43.2 Å². The zero-order valence-corrected chi connectivity index (χ0v) is 19.9. The van der Waals surface area contributed by atoms with Crippen LogP contribution in [0, 0.1) is 5.92 Å². The number of ether oxygens (including phenoxy) is 1. The van der Waals surface area contributed by atoms with Crippen LogP contribution in [0.3, 0.4) is 0 Å². The number of alkyl carbamates (subject to hydrolysis) is 1. The first-order chi connectivity index (χ1) is 16.4. The number of amides is 2. The molecule has 3 rings (SSSR count). The molecule has 2 unspecified atom stereocenters. The average molecular weight is 467 g/mol. The highest BCUT2D eigenvalue weighted by Gasteiger charge is 2.29. The monoisotopic (exact) mass is 466 g/mol. The van der Waals surface area contributed by atoms with E-state index in [0.29, 0.717) is 25.8 Å². The van der Waals surface area contributed by atoms with E-state index in [2.05, 4.69) is 34.9 Å². The number of carbonyl (C=O) groups excluding carboxylic acids is 2. The predicted octanol–water partition coefficient (Wildman–Crippen LogP) is 4.70. The van der Waals surface area contributed by atoms with Crippen LogP contribution in [-0.4, -0.2) is 42.3 Å². The van der Waals surface area contributed by atoms with Gasteiger partial charge in [-0.2, -0.15) is 0 Å². The molecule has 7 nitrogen and oxygen atoms in total. The second-order valence-electron chi connectivity index (χ2n) is 8.79. The minimum Gasteiger partial charge on any atom is -0.481 e. The number of hydrogen-bond donors (Lipinski definition) is 3. The van der Waals surface area contributed by atoms with Gasteiger partial charge in [-0.3, -0.25) is 9.59 Å². The molecule has 0 fully saturated rings. The summed E-state index contributed by atoms with van der Waals surface area (Å²) in [7, 11) is 0. The summed E-state index contributed by atoms with van der Waals surface area (Å²) in [5.41, 5.74) is 4.68. The Morgan fingerprint density at radius 1 is 0.971 bits per heavy atom. The van der Waals surface area contributed by atoms with Crippen LogP contribution in [0.5, 0.6) is 0 Å². The molecule has 2 aromatic carbocycles. The van der Waals surface area contributed by atoms with Gasteiger partial charge in [0.1, 0.15) is 6.61 Å². The molecule has 182 valence electrons. The Morgan fingerprint density at radius 2 is 1.59 bits per heavy atom. The maximum Gasteiger partial charge on any atom is 0.407 e. The number of hydrogen-bond acceptors (Lipinski definition) is 4. The fourth-order valence-corrected chi connectivity index (χ4v) is 4.44. The second-order valence-corrected chi connectivity index (χ2v) is 8.79. The van der Waals surface area contributed by atoms with Crippen LogP contribution < -0.4 is 10.6 Å². The summed E-state index contributed by atoms with van der Waals surface area (Å²) in [6, 6.07) is 16.2. The molecule has 0 aliphatic heterocycles. The van der Waals surface area contributed by atoms with Crippen LogP contribution in [0.25, 0.3) is 11.1 Å². The average Bonchev–Trinajstić information content (AvgIpc) is 3.16. The second kappa shape index (κ2) is 12.2. The Bertz CT molecular complexity index is 961. The van der Waals surface area contributed by atoms with Crippen molar-refractivity contribution >= 4 is 18.0 Å². The molecule has 0 saturated heterocycles. The van der Waals surface area contributed by atoms with Gasteiger partial charge >= 0.3 is 12.1 Å². The third-order valence-electron chi connectivity index (χ3n) is 6.51. The standard InChI is InChI=1S/C27H34N2O5/c1-3-18(15-26(31)32)16-28-25(30)14-13-19(4-2)29-27(33)34-17-24-22-11-7-5-9-20(22)21-10-6-8-12-23(21)24/h5-12,18-19,24H,3-4,13-17H2,1-2H3,(H,28,30)(H,29,33)(H,31,32). The van der Waals surface area contributed by atoms with Crippen molar-refractivity contribution in [2.75, 3.05) is 13.2 Å². The van der Waals surface area contributed by atoms with Crippen LogP contribution in [0.15, 0.2) is 48.5 Å². The molecular formula is C27H34N2O5. The summed E-state index contributed by atoms with van der Waals surface area (Å²) in [4.78, 5) is 35.6. The van der Waals surface area contributed by atoms with Gasteiger partial charge in [-0.25, -0.2) is 4.79 Å². The summed E-state index contributed by atoms with van der Waals surface area (Å²) in [5.74, 6) is -1.08. The lowest BCUT2D eigenvalue weighted by molar-refractivity contribution is -0.138. The van der Waals surface area contributed by atoms with Crippen LogP contribution in [0.2, 0.25) is 0 Å². The van der Waals surface area contributed by atoms with E-state index in [0.717, 1.165) is 11.1 Å². The zero-order chi connectivity index (χ0) is 24.5. The van der Waals surface area contributed by atoms with Crippen LogP contribution in [-0.2, 0) is 14.3 Å². The number of rotatable bonds is 12. The summed E-state index contributed by atoms with van der Waals surface area (Å²) in [6.07, 6.45) is 1.66. The van der Waals surface area contributed by atoms with Gasteiger partial charge < -0.3 is 20.5 Å². The molecular weight excluding hydrogens is 432 g/mol. The van der Waals surface area contributed by atoms with Gasteiger partial charge in [0, 0.05) is 31.3 Å². The first kappa shape index (κ1) is 25.3. The topological polar surface area (TPSA) is 105 Å². The Labute approximate surface area is 200 Å². The van der Waals surface area contributed by atoms with Gasteiger partial charge in [-0.1, -0.05) is 68.8 Å². The zero-order valence-electron chi connectivity index (χ0n) is 19.9. The van der Waals surface area contributed by atoms with E-state index in [1.54, 1.807) is 0 Å². The summed E-state index contributed by atoms with van der Waals surface area (Å²) >= 11 is 0. The van der Waals surface area contributed by atoms with Gasteiger partial charge in [0.05, 0.1) is 0 Å². The molecule has 2 amide bonds. The van der Waals surface area contributed by atoms with Gasteiger partial charge in [-0.15, -0.1) is 0 Å². The van der Waals surface area contributed by atoms with Gasteiger partial charge in [0.15, 0.2) is 0 Å². The molecule has 0 heterocycles. The Hall–Kier alpha value is -3.35. The third-order valence-corrected chi connectivity index (χ3v) is 6.51. The quantitative estimate of drug-likeness (QED) is 0.421. The van der Waals surface area contributed by atoms with E-state index in [1.165, 1.54) is 11.1 Å². The van der Waals surface area contributed by atoms with Gasteiger partial charge in [0.25, 0.3) is 0 Å². The molecule has 1 aliphatic carbocycles. The maximum absolute atomic E-state index is 12.5. The highest BCUT2D eigenvalue weighted by atomic mass is 16.5. The summed E-state index contributed by atoms with van der Waals surface area (Å²) in [6.45, 7) is 4.45. The first-order valence-corrected chi connectivity index (χ1v) is 12.0. The lowest BCUT2D eigenvalue weighted by Crippen LogP contribution is -2.37. The predicted molar refractivity (Wildman–Crippen MR) is 131 cm³/mol. The van der Waals surface area contributed by atoms with E-state index in [4.69, 9.17) is 9.84 Å². The molecule has 2 aromatic rings. The fourth-order valence-electron chi connectivity index (χ4n) is 4.44. The highest BCUT2D eigenvalue weighted by molar-refractivity contribution is 5.79. The molecule has 0 radical (unpaired) electrons. The molecule has 1 aliphatic rings. The van der Waals surface area contributed by atoms with E-state index in [9.17, 15) is 14.4 Å². The molecule has 0 saturated carbocycles. The lowest BCUT2D eigenvalue weighted by Gasteiger charge is -2.19. The van der Waals surface area contributed by atoms with E-state index in [1.807, 2.05) is 38.1 Å². The number of carboxylic acid groups (broad SMARTS) is 1. The molecule has 0 aromatic heterocycles. The molecule has 2 atom stereocenters. The van der Waals surface area contributed by atoms with Crippen LogP contribution >= 0.6 is 0 Å². The number of aliphatic carboxylic acids is 1. The SMILES string of the molecule is CCC(CNC(=O)CCC(CC)NC(=O)OCC1c2ccccc2-c2ccccc21)CC(=O)O. The van der Waals surface area contributed by atoms with Crippen molar-refractivity contribution in [3.05, 3.63) is 59.7 Å². The van der Waals surface area contributed by atoms with E-state index < -0.39 is 12.1 Å². The van der Waals surface area contributed by atoms with Crippen molar-refractivity contribution in [3.8, 4) is 11.1 Å². The molecule has 0 bridgehead atoms.